The molecule has 2 aliphatic rings. The molecule has 1 saturated heterocycles. The molecule has 1 aliphatic carbocycles. The van der Waals surface area contributed by atoms with Crippen molar-refractivity contribution in [2.75, 3.05) is 0 Å². The van der Waals surface area contributed by atoms with Crippen molar-refractivity contribution in [2.45, 2.75) is 56.0 Å². The molecule has 1 N–H and O–H groups in total. The van der Waals surface area contributed by atoms with Crippen molar-refractivity contribution in [2.24, 2.45) is 5.92 Å². The van der Waals surface area contributed by atoms with E-state index >= 15 is 0 Å². The summed E-state index contributed by atoms with van der Waals surface area (Å²) < 4.78 is 27.2. The van der Waals surface area contributed by atoms with Crippen molar-refractivity contribution in [1.29, 1.82) is 0 Å². The van der Waals surface area contributed by atoms with Crippen LogP contribution >= 0.6 is 0 Å². The van der Waals surface area contributed by atoms with E-state index in [1.807, 2.05) is 6.92 Å². The second-order valence-corrected chi connectivity index (χ2v) is 8.19. The number of hydrogen-bond donors (Lipinski definition) is 1. The fourth-order valence-corrected chi connectivity index (χ4v) is 5.68. The standard InChI is InChI=1S/C16H21NO4S/c1-11-6-8-13(9-7-11)22(20,21)17-14-5-3-2-4-12(14)10-15(17)16(18)19/h6-9,12,14-15H,2-5,10H2,1H3,(H,18,19)/t12-,14+,15+/m1/s1. The zero-order chi connectivity index (χ0) is 15.9. The minimum atomic E-state index is -3.77. The Labute approximate surface area is 131 Å². The predicted octanol–water partition coefficient (Wildman–Crippen LogP) is 2.40. The van der Waals surface area contributed by atoms with E-state index < -0.39 is 22.0 Å². The molecule has 6 heteroatoms. The summed E-state index contributed by atoms with van der Waals surface area (Å²) in [6.45, 7) is 1.89. The van der Waals surface area contributed by atoms with Crippen molar-refractivity contribution in [3.63, 3.8) is 0 Å². The van der Waals surface area contributed by atoms with E-state index in [2.05, 4.69) is 0 Å². The first-order valence-corrected chi connectivity index (χ1v) is 9.18. The van der Waals surface area contributed by atoms with Crippen molar-refractivity contribution in [3.05, 3.63) is 29.8 Å². The van der Waals surface area contributed by atoms with Crippen LogP contribution in [-0.4, -0.2) is 35.9 Å². The first-order chi connectivity index (χ1) is 10.4. The highest BCUT2D eigenvalue weighted by atomic mass is 32.2. The average Bonchev–Trinajstić information content (AvgIpc) is 2.88. The number of rotatable bonds is 3. The Morgan fingerprint density at radius 2 is 1.82 bits per heavy atom. The van der Waals surface area contributed by atoms with Gasteiger partial charge in [-0.05, 0) is 44.2 Å². The van der Waals surface area contributed by atoms with Gasteiger partial charge in [-0.1, -0.05) is 30.5 Å². The molecule has 0 unspecified atom stereocenters. The van der Waals surface area contributed by atoms with Gasteiger partial charge in [0.2, 0.25) is 10.0 Å². The van der Waals surface area contributed by atoms with Crippen molar-refractivity contribution in [1.82, 2.24) is 4.31 Å². The lowest BCUT2D eigenvalue weighted by Gasteiger charge is -2.32. The molecular formula is C16H21NO4S. The van der Waals surface area contributed by atoms with Crippen molar-refractivity contribution >= 4 is 16.0 Å². The second-order valence-electron chi connectivity index (χ2n) is 6.35. The summed E-state index contributed by atoms with van der Waals surface area (Å²) >= 11 is 0. The molecule has 22 heavy (non-hydrogen) atoms. The van der Waals surface area contributed by atoms with Crippen LogP contribution in [0.2, 0.25) is 0 Å². The molecule has 0 radical (unpaired) electrons. The second kappa shape index (κ2) is 5.66. The summed E-state index contributed by atoms with van der Waals surface area (Å²) in [6.07, 6.45) is 4.15. The number of aryl methyl sites for hydroxylation is 1. The third-order valence-corrected chi connectivity index (χ3v) is 6.86. The van der Waals surface area contributed by atoms with Gasteiger partial charge < -0.3 is 5.11 Å². The van der Waals surface area contributed by atoms with Gasteiger partial charge in [0.05, 0.1) is 4.90 Å². The maximum Gasteiger partial charge on any atom is 0.322 e. The van der Waals surface area contributed by atoms with Gasteiger partial charge in [0.15, 0.2) is 0 Å². The molecule has 1 saturated carbocycles. The lowest BCUT2D eigenvalue weighted by Crippen LogP contribution is -2.46. The van der Waals surface area contributed by atoms with Gasteiger partial charge in [-0.3, -0.25) is 4.79 Å². The Morgan fingerprint density at radius 1 is 1.18 bits per heavy atom. The van der Waals surface area contributed by atoms with Crippen LogP contribution in [-0.2, 0) is 14.8 Å². The summed E-state index contributed by atoms with van der Waals surface area (Å²) in [5, 5.41) is 9.48. The van der Waals surface area contributed by atoms with E-state index in [9.17, 15) is 18.3 Å². The number of carboxylic acid groups (broad SMARTS) is 1. The van der Waals surface area contributed by atoms with Gasteiger partial charge in [-0.15, -0.1) is 0 Å². The normalized spacial score (nSPS) is 29.2. The van der Waals surface area contributed by atoms with Gasteiger partial charge >= 0.3 is 5.97 Å². The van der Waals surface area contributed by atoms with E-state index in [4.69, 9.17) is 0 Å². The lowest BCUT2D eigenvalue weighted by atomic mass is 9.85. The van der Waals surface area contributed by atoms with Crippen LogP contribution in [0.5, 0.6) is 0 Å². The molecule has 0 spiro atoms. The zero-order valence-corrected chi connectivity index (χ0v) is 13.4. The predicted molar refractivity (Wildman–Crippen MR) is 82.0 cm³/mol. The van der Waals surface area contributed by atoms with Crippen LogP contribution in [0.25, 0.3) is 0 Å². The number of nitrogens with zero attached hydrogens (tertiary/aromatic N) is 1. The van der Waals surface area contributed by atoms with E-state index in [1.165, 1.54) is 4.31 Å². The van der Waals surface area contributed by atoms with Crippen LogP contribution in [0.4, 0.5) is 0 Å². The smallest absolute Gasteiger partial charge is 0.322 e. The lowest BCUT2D eigenvalue weighted by molar-refractivity contribution is -0.141. The number of hydrogen-bond acceptors (Lipinski definition) is 3. The zero-order valence-electron chi connectivity index (χ0n) is 12.6. The monoisotopic (exact) mass is 323 g/mol. The van der Waals surface area contributed by atoms with Crippen LogP contribution in [0, 0.1) is 12.8 Å². The molecule has 1 aromatic rings. The minimum absolute atomic E-state index is 0.166. The number of sulfonamides is 1. The Morgan fingerprint density at radius 3 is 2.45 bits per heavy atom. The van der Waals surface area contributed by atoms with Crippen LogP contribution in [0.1, 0.15) is 37.7 Å². The third-order valence-electron chi connectivity index (χ3n) is 4.91. The van der Waals surface area contributed by atoms with E-state index in [0.717, 1.165) is 31.2 Å². The SMILES string of the molecule is Cc1ccc(S(=O)(=O)N2[C@H](C(=O)O)C[C@H]3CCCC[C@@H]32)cc1. The third kappa shape index (κ3) is 2.54. The highest BCUT2D eigenvalue weighted by molar-refractivity contribution is 7.89. The van der Waals surface area contributed by atoms with E-state index in [-0.39, 0.29) is 16.9 Å². The summed E-state index contributed by atoms with van der Waals surface area (Å²) in [5.74, 6) is -0.861. The maximum atomic E-state index is 13.0. The van der Waals surface area contributed by atoms with Crippen molar-refractivity contribution < 1.29 is 18.3 Å². The quantitative estimate of drug-likeness (QED) is 0.927. The molecule has 0 aromatic heterocycles. The number of carboxylic acids is 1. The minimum Gasteiger partial charge on any atom is -0.480 e. The van der Waals surface area contributed by atoms with Crippen molar-refractivity contribution in [3.8, 4) is 0 Å². The van der Waals surface area contributed by atoms with E-state index in [0.29, 0.717) is 6.42 Å². The summed E-state index contributed by atoms with van der Waals surface area (Å²) in [6, 6.07) is 5.54. The molecule has 0 bridgehead atoms. The van der Waals surface area contributed by atoms with Gasteiger partial charge in [0.25, 0.3) is 0 Å². The van der Waals surface area contributed by atoms with Gasteiger partial charge in [0, 0.05) is 6.04 Å². The highest BCUT2D eigenvalue weighted by Crippen LogP contribution is 2.42. The average molecular weight is 323 g/mol. The number of benzene rings is 1. The Kier molecular flexibility index (Phi) is 3.99. The Bertz CT molecular complexity index is 668. The Hall–Kier alpha value is -1.40. The summed E-state index contributed by atoms with van der Waals surface area (Å²) in [5.41, 5.74) is 0.977. The molecule has 2 fully saturated rings. The molecule has 3 atom stereocenters. The summed E-state index contributed by atoms with van der Waals surface area (Å²) in [4.78, 5) is 11.8. The molecule has 1 heterocycles. The molecular weight excluding hydrogens is 302 g/mol. The summed E-state index contributed by atoms with van der Waals surface area (Å²) in [7, 11) is -3.77. The van der Waals surface area contributed by atoms with Crippen LogP contribution in [0.3, 0.4) is 0 Å². The largest absolute Gasteiger partial charge is 0.480 e. The van der Waals surface area contributed by atoms with Crippen LogP contribution in [0.15, 0.2) is 29.2 Å². The topological polar surface area (TPSA) is 74.7 Å². The van der Waals surface area contributed by atoms with Gasteiger partial charge in [-0.25, -0.2) is 8.42 Å². The van der Waals surface area contributed by atoms with Gasteiger partial charge in [-0.2, -0.15) is 4.31 Å². The molecule has 1 aliphatic heterocycles. The maximum absolute atomic E-state index is 13.0. The fourth-order valence-electron chi connectivity index (χ4n) is 3.81. The molecule has 1 aromatic carbocycles. The molecule has 3 rings (SSSR count). The molecule has 5 nitrogen and oxygen atoms in total. The Balaban J connectivity index is 2.01. The first kappa shape index (κ1) is 15.5. The highest BCUT2D eigenvalue weighted by Gasteiger charge is 2.51. The van der Waals surface area contributed by atoms with Gasteiger partial charge in [0.1, 0.15) is 6.04 Å². The first-order valence-electron chi connectivity index (χ1n) is 7.74. The molecule has 120 valence electrons. The number of aliphatic carboxylic acids is 1. The number of carbonyl (C=O) groups is 1. The van der Waals surface area contributed by atoms with E-state index in [1.54, 1.807) is 24.3 Å². The fraction of sp³-hybridized carbons (Fsp3) is 0.562. The van der Waals surface area contributed by atoms with Crippen LogP contribution < -0.4 is 0 Å². The number of fused-ring (bicyclic) bond motifs is 1. The molecule has 0 amide bonds.